The van der Waals surface area contributed by atoms with Gasteiger partial charge in [0.25, 0.3) is 0 Å². The standard InChI is InChI=1S/C23H18ClF2NO6S/c24-15-4-7-18(8-5-15)34(31,32)21(19-13-16(25)6-9-20(19)26)10-11-33-23(30)27-17-3-1-2-14(12-17)22(28)29/h1-9,12-13,21H,10-11H2,(H,27,30)(H,28,29). The fraction of sp³-hybridized carbons (Fsp3) is 0.130. The van der Waals surface area contributed by atoms with Gasteiger partial charge in [0.15, 0.2) is 9.84 Å². The highest BCUT2D eigenvalue weighted by molar-refractivity contribution is 7.91. The summed E-state index contributed by atoms with van der Waals surface area (Å²) in [6.07, 6.45) is -1.36. The van der Waals surface area contributed by atoms with Crippen molar-refractivity contribution >= 4 is 39.2 Å². The first-order chi connectivity index (χ1) is 16.1. The van der Waals surface area contributed by atoms with E-state index >= 15 is 0 Å². The molecule has 3 aromatic carbocycles. The first-order valence-corrected chi connectivity index (χ1v) is 11.7. The molecule has 1 atom stereocenters. The minimum atomic E-state index is -4.22. The minimum absolute atomic E-state index is 0.0616. The van der Waals surface area contributed by atoms with Crippen LogP contribution in [-0.4, -0.2) is 32.2 Å². The van der Waals surface area contributed by atoms with Crippen molar-refractivity contribution in [3.05, 3.63) is 94.5 Å². The number of halogens is 3. The summed E-state index contributed by atoms with van der Waals surface area (Å²) >= 11 is 5.81. The molecule has 0 saturated carbocycles. The van der Waals surface area contributed by atoms with Gasteiger partial charge in [-0.1, -0.05) is 17.7 Å². The predicted octanol–water partition coefficient (Wildman–Crippen LogP) is 5.47. The van der Waals surface area contributed by atoms with Gasteiger partial charge in [-0.25, -0.2) is 26.8 Å². The molecule has 0 saturated heterocycles. The van der Waals surface area contributed by atoms with E-state index in [0.717, 1.165) is 18.2 Å². The summed E-state index contributed by atoms with van der Waals surface area (Å²) in [5.41, 5.74) is -0.326. The number of aromatic carboxylic acids is 1. The fourth-order valence-corrected chi connectivity index (χ4v) is 5.06. The van der Waals surface area contributed by atoms with Gasteiger partial charge in [-0.15, -0.1) is 0 Å². The Hall–Kier alpha value is -3.50. The number of carboxylic acid groups (broad SMARTS) is 1. The molecule has 11 heteroatoms. The molecule has 34 heavy (non-hydrogen) atoms. The summed E-state index contributed by atoms with van der Waals surface area (Å²) in [4.78, 5) is 23.0. The SMILES string of the molecule is O=C(Nc1cccc(C(=O)O)c1)OCCC(c1cc(F)ccc1F)S(=O)(=O)c1ccc(Cl)cc1. The van der Waals surface area contributed by atoms with Crippen LogP contribution in [0.5, 0.6) is 0 Å². The lowest BCUT2D eigenvalue weighted by molar-refractivity contribution is 0.0696. The van der Waals surface area contributed by atoms with E-state index in [0.29, 0.717) is 5.02 Å². The molecular formula is C23H18ClF2NO6S. The highest BCUT2D eigenvalue weighted by Crippen LogP contribution is 2.34. The zero-order valence-electron chi connectivity index (χ0n) is 17.4. The number of carbonyl (C=O) groups excluding carboxylic acids is 1. The Labute approximate surface area is 198 Å². The second-order valence-electron chi connectivity index (χ2n) is 7.09. The van der Waals surface area contributed by atoms with Crippen LogP contribution in [0, 0.1) is 11.6 Å². The van der Waals surface area contributed by atoms with Crippen molar-refractivity contribution in [3.63, 3.8) is 0 Å². The molecule has 178 valence electrons. The van der Waals surface area contributed by atoms with E-state index in [1.165, 1.54) is 48.5 Å². The van der Waals surface area contributed by atoms with Crippen molar-refractivity contribution < 1.29 is 36.6 Å². The quantitative estimate of drug-likeness (QED) is 0.416. The van der Waals surface area contributed by atoms with Crippen LogP contribution in [0.3, 0.4) is 0 Å². The molecule has 3 rings (SSSR count). The van der Waals surface area contributed by atoms with E-state index in [1.807, 2.05) is 0 Å². The van der Waals surface area contributed by atoms with Crippen LogP contribution in [0.25, 0.3) is 0 Å². The lowest BCUT2D eigenvalue weighted by Gasteiger charge is -2.19. The van der Waals surface area contributed by atoms with Crippen LogP contribution in [0.1, 0.15) is 27.6 Å². The Morgan fingerprint density at radius 1 is 1.03 bits per heavy atom. The maximum absolute atomic E-state index is 14.5. The summed E-state index contributed by atoms with van der Waals surface area (Å²) in [7, 11) is -4.22. The summed E-state index contributed by atoms with van der Waals surface area (Å²) < 4.78 is 59.8. The maximum atomic E-state index is 14.5. The van der Waals surface area contributed by atoms with Gasteiger partial charge in [0.1, 0.15) is 11.6 Å². The average Bonchev–Trinajstić information content (AvgIpc) is 2.79. The third kappa shape index (κ3) is 6.09. The lowest BCUT2D eigenvalue weighted by Crippen LogP contribution is -2.20. The van der Waals surface area contributed by atoms with Crippen molar-refractivity contribution in [1.29, 1.82) is 0 Å². The topological polar surface area (TPSA) is 110 Å². The van der Waals surface area contributed by atoms with Gasteiger partial charge >= 0.3 is 12.1 Å². The smallest absolute Gasteiger partial charge is 0.411 e. The Morgan fingerprint density at radius 3 is 2.41 bits per heavy atom. The second-order valence-corrected chi connectivity index (χ2v) is 9.66. The molecule has 1 amide bonds. The molecule has 1 unspecified atom stereocenters. The number of rotatable bonds is 8. The van der Waals surface area contributed by atoms with E-state index in [4.69, 9.17) is 21.4 Å². The van der Waals surface area contributed by atoms with Gasteiger partial charge in [0.05, 0.1) is 22.3 Å². The third-order valence-electron chi connectivity index (χ3n) is 4.79. The molecule has 0 radical (unpaired) electrons. The monoisotopic (exact) mass is 509 g/mol. The fourth-order valence-electron chi connectivity index (χ4n) is 3.17. The first kappa shape index (κ1) is 25.1. The highest BCUT2D eigenvalue weighted by Gasteiger charge is 2.32. The number of carbonyl (C=O) groups is 2. The van der Waals surface area contributed by atoms with E-state index < -0.39 is 51.0 Å². The molecule has 0 aromatic heterocycles. The van der Waals surface area contributed by atoms with Crippen LogP contribution in [0.2, 0.25) is 5.02 Å². The lowest BCUT2D eigenvalue weighted by atomic mass is 10.1. The first-order valence-electron chi connectivity index (χ1n) is 9.79. The zero-order chi connectivity index (χ0) is 24.9. The molecule has 0 bridgehead atoms. The minimum Gasteiger partial charge on any atom is -0.478 e. The van der Waals surface area contributed by atoms with Crippen molar-refractivity contribution in [3.8, 4) is 0 Å². The third-order valence-corrected chi connectivity index (χ3v) is 7.21. The van der Waals surface area contributed by atoms with E-state index in [9.17, 15) is 26.8 Å². The normalized spacial score (nSPS) is 12.1. The maximum Gasteiger partial charge on any atom is 0.411 e. The Kier molecular flexibility index (Phi) is 7.85. The van der Waals surface area contributed by atoms with Crippen molar-refractivity contribution in [2.45, 2.75) is 16.6 Å². The van der Waals surface area contributed by atoms with Gasteiger partial charge in [-0.3, -0.25) is 5.32 Å². The Bertz CT molecular complexity index is 1320. The summed E-state index contributed by atoms with van der Waals surface area (Å²) in [5.74, 6) is -2.95. The van der Waals surface area contributed by atoms with Gasteiger partial charge in [-0.2, -0.15) is 0 Å². The molecule has 0 aliphatic heterocycles. The largest absolute Gasteiger partial charge is 0.478 e. The van der Waals surface area contributed by atoms with E-state index in [2.05, 4.69) is 5.32 Å². The molecule has 7 nitrogen and oxygen atoms in total. The Balaban J connectivity index is 1.79. The predicted molar refractivity (Wildman–Crippen MR) is 121 cm³/mol. The van der Waals surface area contributed by atoms with Crippen molar-refractivity contribution in [2.24, 2.45) is 0 Å². The number of carboxylic acids is 1. The molecule has 0 aliphatic rings. The number of amides is 1. The summed E-state index contributed by atoms with van der Waals surface area (Å²) in [5, 5.41) is 10.1. The summed E-state index contributed by atoms with van der Waals surface area (Å²) in [6.45, 7) is -0.460. The van der Waals surface area contributed by atoms with E-state index in [1.54, 1.807) is 0 Å². The van der Waals surface area contributed by atoms with Gasteiger partial charge in [0, 0.05) is 22.7 Å². The Morgan fingerprint density at radius 2 is 1.74 bits per heavy atom. The number of hydrogen-bond donors (Lipinski definition) is 2. The van der Waals surface area contributed by atoms with E-state index in [-0.39, 0.29) is 22.6 Å². The number of hydrogen-bond acceptors (Lipinski definition) is 5. The zero-order valence-corrected chi connectivity index (χ0v) is 18.9. The average molecular weight is 510 g/mol. The summed E-state index contributed by atoms with van der Waals surface area (Å²) in [6, 6.07) is 13.0. The van der Waals surface area contributed by atoms with Crippen LogP contribution in [0.4, 0.5) is 19.3 Å². The molecule has 2 N–H and O–H groups in total. The van der Waals surface area contributed by atoms with Crippen LogP contribution >= 0.6 is 11.6 Å². The van der Waals surface area contributed by atoms with Crippen LogP contribution < -0.4 is 5.32 Å². The van der Waals surface area contributed by atoms with Gasteiger partial charge in [-0.05, 0) is 60.7 Å². The van der Waals surface area contributed by atoms with Gasteiger partial charge in [0.2, 0.25) is 0 Å². The number of nitrogens with one attached hydrogen (secondary N) is 1. The van der Waals surface area contributed by atoms with Gasteiger partial charge < -0.3 is 9.84 Å². The number of anilines is 1. The molecule has 0 spiro atoms. The molecular weight excluding hydrogens is 492 g/mol. The van der Waals surface area contributed by atoms with Crippen molar-refractivity contribution in [2.75, 3.05) is 11.9 Å². The van der Waals surface area contributed by atoms with Crippen LogP contribution in [0.15, 0.2) is 71.6 Å². The molecule has 0 fully saturated rings. The second kappa shape index (κ2) is 10.6. The number of sulfone groups is 1. The molecule has 0 heterocycles. The van der Waals surface area contributed by atoms with Crippen LogP contribution in [-0.2, 0) is 14.6 Å². The number of ether oxygens (including phenoxy) is 1. The molecule has 0 aliphatic carbocycles. The molecule has 3 aromatic rings. The highest BCUT2D eigenvalue weighted by atomic mass is 35.5. The van der Waals surface area contributed by atoms with Crippen molar-refractivity contribution in [1.82, 2.24) is 0 Å². The number of benzene rings is 3.